The Morgan fingerprint density at radius 1 is 1.26 bits per heavy atom. The molecule has 0 saturated heterocycles. The van der Waals surface area contributed by atoms with E-state index in [9.17, 15) is 17.6 Å². The zero-order valence-electron chi connectivity index (χ0n) is 9.26. The molecule has 0 aliphatic rings. The van der Waals surface area contributed by atoms with Crippen molar-refractivity contribution in [2.75, 3.05) is 4.72 Å². The molecule has 100 valence electrons. The van der Waals surface area contributed by atoms with Crippen LogP contribution >= 0.6 is 11.6 Å². The molecule has 19 heavy (non-hydrogen) atoms. The molecule has 5 nitrogen and oxygen atoms in total. The van der Waals surface area contributed by atoms with E-state index >= 15 is 0 Å². The number of anilines is 1. The molecule has 8 heteroatoms. The summed E-state index contributed by atoms with van der Waals surface area (Å²) in [5.74, 6) is -0.775. The van der Waals surface area contributed by atoms with Gasteiger partial charge in [-0.1, -0.05) is 11.6 Å². The summed E-state index contributed by atoms with van der Waals surface area (Å²) in [6.45, 7) is 0. The Balaban J connectivity index is 2.30. The number of benzene rings is 1. The Bertz CT molecular complexity index is 726. The number of nitrogens with one attached hydrogen (secondary N) is 1. The average molecular weight is 304 g/mol. The van der Waals surface area contributed by atoms with Gasteiger partial charge in [-0.2, -0.15) is 8.42 Å². The quantitative estimate of drug-likeness (QED) is 0.881. The Labute approximate surface area is 113 Å². The van der Waals surface area contributed by atoms with Crippen LogP contribution in [0.15, 0.2) is 39.8 Å². The Hall–Kier alpha value is -1.86. The first-order chi connectivity index (χ1) is 8.92. The van der Waals surface area contributed by atoms with E-state index in [0.717, 1.165) is 18.2 Å². The lowest BCUT2D eigenvalue weighted by molar-refractivity contribution is 0.109. The van der Waals surface area contributed by atoms with E-state index < -0.39 is 20.9 Å². The predicted molar refractivity (Wildman–Crippen MR) is 66.3 cm³/mol. The second kappa shape index (κ2) is 5.02. The maximum Gasteiger partial charge on any atom is 0.295 e. The summed E-state index contributed by atoms with van der Waals surface area (Å²) in [6, 6.07) is 5.72. The highest BCUT2D eigenvalue weighted by molar-refractivity contribution is 7.92. The molecule has 0 saturated carbocycles. The minimum absolute atomic E-state index is 0.0791. The van der Waals surface area contributed by atoms with Crippen LogP contribution in [0.2, 0.25) is 5.02 Å². The number of hydrogen-bond donors (Lipinski definition) is 1. The van der Waals surface area contributed by atoms with Gasteiger partial charge in [-0.25, -0.2) is 4.39 Å². The molecule has 0 bridgehead atoms. The molecule has 0 unspecified atom stereocenters. The molecule has 0 spiro atoms. The van der Waals surface area contributed by atoms with Gasteiger partial charge >= 0.3 is 0 Å². The zero-order chi connectivity index (χ0) is 14.0. The summed E-state index contributed by atoms with van der Waals surface area (Å²) in [7, 11) is -3.99. The molecular formula is C11H7ClFNO4S. The highest BCUT2D eigenvalue weighted by Crippen LogP contribution is 2.22. The normalized spacial score (nSPS) is 11.3. The molecule has 1 N–H and O–H groups in total. The molecule has 1 aromatic carbocycles. The molecule has 2 rings (SSSR count). The Kier molecular flexibility index (Phi) is 3.59. The van der Waals surface area contributed by atoms with Crippen molar-refractivity contribution in [3.05, 3.63) is 46.9 Å². The fraction of sp³-hybridized carbons (Fsp3) is 0. The lowest BCUT2D eigenvalue weighted by Gasteiger charge is -2.06. The molecule has 0 amide bonds. The zero-order valence-corrected chi connectivity index (χ0v) is 10.8. The van der Waals surface area contributed by atoms with Crippen molar-refractivity contribution < 1.29 is 22.0 Å². The number of halogens is 2. The molecule has 0 aliphatic carbocycles. The molecule has 1 heterocycles. The largest absolute Gasteiger partial charge is 0.440 e. The third-order valence-electron chi connectivity index (χ3n) is 2.15. The molecule has 2 aromatic rings. The molecule has 0 aliphatic heterocycles. The number of furan rings is 1. The molecule has 0 radical (unpaired) electrons. The van der Waals surface area contributed by atoms with Crippen molar-refractivity contribution in [3.8, 4) is 0 Å². The van der Waals surface area contributed by atoms with Gasteiger partial charge in [0.25, 0.3) is 10.0 Å². The Morgan fingerprint density at radius 3 is 2.58 bits per heavy atom. The smallest absolute Gasteiger partial charge is 0.295 e. The third kappa shape index (κ3) is 2.94. The maximum absolute atomic E-state index is 12.9. The minimum Gasteiger partial charge on any atom is -0.440 e. The van der Waals surface area contributed by atoms with Crippen LogP contribution in [0.3, 0.4) is 0 Å². The maximum atomic E-state index is 12.9. The van der Waals surface area contributed by atoms with Crippen LogP contribution < -0.4 is 4.72 Å². The van der Waals surface area contributed by atoms with E-state index in [-0.39, 0.29) is 16.5 Å². The molecule has 0 fully saturated rings. The number of rotatable bonds is 4. The summed E-state index contributed by atoms with van der Waals surface area (Å²) in [5, 5.41) is -0.636. The fourth-order valence-electron chi connectivity index (χ4n) is 1.31. The van der Waals surface area contributed by atoms with Gasteiger partial charge in [0.1, 0.15) is 5.82 Å². The van der Waals surface area contributed by atoms with Crippen LogP contribution in [-0.2, 0) is 10.0 Å². The number of aldehydes is 1. The summed E-state index contributed by atoms with van der Waals surface area (Å²) in [5.41, 5.74) is 0.0791. The highest BCUT2D eigenvalue weighted by Gasteiger charge is 2.19. The van der Waals surface area contributed by atoms with Gasteiger partial charge in [0.15, 0.2) is 12.0 Å². The van der Waals surface area contributed by atoms with Crippen molar-refractivity contribution in [1.82, 2.24) is 0 Å². The van der Waals surface area contributed by atoms with Crippen LogP contribution in [0.25, 0.3) is 0 Å². The monoisotopic (exact) mass is 303 g/mol. The lowest BCUT2D eigenvalue weighted by Crippen LogP contribution is -2.12. The van der Waals surface area contributed by atoms with Crippen molar-refractivity contribution in [2.24, 2.45) is 0 Å². The van der Waals surface area contributed by atoms with Crippen LogP contribution in [0, 0.1) is 5.82 Å². The lowest BCUT2D eigenvalue weighted by atomic mass is 10.3. The van der Waals surface area contributed by atoms with Gasteiger partial charge in [-0.3, -0.25) is 9.52 Å². The van der Waals surface area contributed by atoms with Crippen molar-refractivity contribution in [3.63, 3.8) is 0 Å². The molecule has 0 atom stereocenters. The van der Waals surface area contributed by atoms with Gasteiger partial charge < -0.3 is 4.42 Å². The summed E-state index contributed by atoms with van der Waals surface area (Å²) < 4.78 is 43.6. The number of sulfonamides is 1. The van der Waals surface area contributed by atoms with Crippen molar-refractivity contribution in [1.29, 1.82) is 0 Å². The molecule has 1 aromatic heterocycles. The van der Waals surface area contributed by atoms with E-state index in [1.807, 2.05) is 0 Å². The van der Waals surface area contributed by atoms with E-state index in [0.29, 0.717) is 6.29 Å². The molecular weight excluding hydrogens is 297 g/mol. The number of carbonyl (C=O) groups excluding carboxylic acids is 1. The first-order valence-corrected chi connectivity index (χ1v) is 6.81. The van der Waals surface area contributed by atoms with Gasteiger partial charge in [0, 0.05) is 0 Å². The summed E-state index contributed by atoms with van der Waals surface area (Å²) >= 11 is 5.54. The first kappa shape index (κ1) is 13.6. The topological polar surface area (TPSA) is 76.4 Å². The average Bonchev–Trinajstić information content (AvgIpc) is 2.83. The van der Waals surface area contributed by atoms with Gasteiger partial charge in [-0.15, -0.1) is 0 Å². The summed E-state index contributed by atoms with van der Waals surface area (Å²) in [6.07, 6.45) is 0.383. The second-order valence-corrected chi connectivity index (χ2v) is 5.53. The van der Waals surface area contributed by atoms with Gasteiger partial charge in [0.2, 0.25) is 5.09 Å². The van der Waals surface area contributed by atoms with E-state index in [1.54, 1.807) is 0 Å². The van der Waals surface area contributed by atoms with E-state index in [1.165, 1.54) is 12.1 Å². The third-order valence-corrected chi connectivity index (χ3v) is 3.70. The minimum atomic E-state index is -3.99. The van der Waals surface area contributed by atoms with Crippen LogP contribution in [0.5, 0.6) is 0 Å². The van der Waals surface area contributed by atoms with Crippen LogP contribution in [0.4, 0.5) is 10.1 Å². The fourth-order valence-corrected chi connectivity index (χ4v) is 2.48. The first-order valence-electron chi connectivity index (χ1n) is 4.95. The van der Waals surface area contributed by atoms with Crippen molar-refractivity contribution in [2.45, 2.75) is 5.09 Å². The van der Waals surface area contributed by atoms with Crippen LogP contribution in [-0.4, -0.2) is 14.7 Å². The Morgan fingerprint density at radius 2 is 2.00 bits per heavy atom. The standard InChI is InChI=1S/C11H7ClFNO4S/c12-9-5-7(1-3-10(9)13)14-19(16,17)11-4-2-8(6-15)18-11/h1-6,14H. The van der Waals surface area contributed by atoms with Gasteiger partial charge in [-0.05, 0) is 30.3 Å². The van der Waals surface area contributed by atoms with Crippen molar-refractivity contribution >= 4 is 33.6 Å². The predicted octanol–water partition coefficient (Wildman–Crippen LogP) is 2.69. The number of hydrogen-bond acceptors (Lipinski definition) is 4. The SMILES string of the molecule is O=Cc1ccc(S(=O)(=O)Nc2ccc(F)c(Cl)c2)o1. The van der Waals surface area contributed by atoms with Gasteiger partial charge in [0.05, 0.1) is 10.7 Å². The summed E-state index contributed by atoms with van der Waals surface area (Å²) in [4.78, 5) is 10.4. The number of carbonyl (C=O) groups is 1. The van der Waals surface area contributed by atoms with Crippen LogP contribution in [0.1, 0.15) is 10.6 Å². The van der Waals surface area contributed by atoms with E-state index in [4.69, 9.17) is 16.0 Å². The highest BCUT2D eigenvalue weighted by atomic mass is 35.5. The second-order valence-electron chi connectivity index (χ2n) is 3.51. The van der Waals surface area contributed by atoms with E-state index in [2.05, 4.69) is 4.72 Å².